The highest BCUT2D eigenvalue weighted by atomic mass is 35.5. The van der Waals surface area contributed by atoms with Crippen LogP contribution in [0.15, 0.2) is 24.5 Å². The fraction of sp³-hybridized carbons (Fsp3) is 0.286. The topological polar surface area (TPSA) is 37.8 Å². The van der Waals surface area contributed by atoms with Crippen LogP contribution in [0.1, 0.15) is 18.9 Å². The molecule has 1 aromatic heterocycles. The second-order valence-corrected chi connectivity index (χ2v) is 5.01. The molecular formula is C14H15Cl2N3. The van der Waals surface area contributed by atoms with Crippen LogP contribution < -0.4 is 5.32 Å². The monoisotopic (exact) mass is 295 g/mol. The van der Waals surface area contributed by atoms with Crippen molar-refractivity contribution in [3.63, 3.8) is 0 Å². The van der Waals surface area contributed by atoms with E-state index in [1.807, 2.05) is 19.1 Å². The number of rotatable bonds is 4. The van der Waals surface area contributed by atoms with E-state index in [9.17, 15) is 0 Å². The largest absolute Gasteiger partial charge is 0.370 e. The Hall–Kier alpha value is -1.32. The Labute approximate surface area is 123 Å². The van der Waals surface area contributed by atoms with E-state index in [0.29, 0.717) is 10.0 Å². The number of hydrogen-bond acceptors (Lipinski definition) is 3. The summed E-state index contributed by atoms with van der Waals surface area (Å²) < 4.78 is 0. The average molecular weight is 296 g/mol. The van der Waals surface area contributed by atoms with Gasteiger partial charge in [-0.3, -0.25) is 0 Å². The summed E-state index contributed by atoms with van der Waals surface area (Å²) in [7, 11) is 0. The molecule has 2 aromatic rings. The van der Waals surface area contributed by atoms with Crippen LogP contribution in [-0.2, 0) is 0 Å². The van der Waals surface area contributed by atoms with Gasteiger partial charge in [0.05, 0.1) is 15.7 Å². The van der Waals surface area contributed by atoms with Crippen molar-refractivity contribution in [2.75, 3.05) is 11.9 Å². The third-order valence-corrected chi connectivity index (χ3v) is 3.65. The number of nitrogens with one attached hydrogen (secondary N) is 1. The molecule has 1 N–H and O–H groups in total. The van der Waals surface area contributed by atoms with Gasteiger partial charge in [-0.25, -0.2) is 9.97 Å². The highest BCUT2D eigenvalue weighted by Gasteiger charge is 2.13. The van der Waals surface area contributed by atoms with E-state index in [0.717, 1.165) is 35.6 Å². The Morgan fingerprint density at radius 3 is 2.74 bits per heavy atom. The summed E-state index contributed by atoms with van der Waals surface area (Å²) in [5, 5.41) is 4.33. The molecule has 0 aliphatic carbocycles. The van der Waals surface area contributed by atoms with Crippen molar-refractivity contribution in [3.05, 3.63) is 40.1 Å². The number of benzene rings is 1. The van der Waals surface area contributed by atoms with Crippen molar-refractivity contribution in [3.8, 4) is 11.3 Å². The van der Waals surface area contributed by atoms with E-state index in [-0.39, 0.29) is 0 Å². The molecule has 0 spiro atoms. The highest BCUT2D eigenvalue weighted by molar-refractivity contribution is 6.43. The normalized spacial score (nSPS) is 10.5. The van der Waals surface area contributed by atoms with E-state index in [1.165, 1.54) is 6.33 Å². The molecule has 0 saturated carbocycles. The first-order chi connectivity index (χ1) is 9.15. The van der Waals surface area contributed by atoms with Crippen molar-refractivity contribution in [1.29, 1.82) is 0 Å². The SMILES string of the molecule is CCCNc1ncnc(-c2cccc(Cl)c2Cl)c1C. The second kappa shape index (κ2) is 6.22. The molecular weight excluding hydrogens is 281 g/mol. The maximum Gasteiger partial charge on any atom is 0.132 e. The minimum absolute atomic E-state index is 0.521. The molecule has 0 fully saturated rings. The first-order valence-electron chi connectivity index (χ1n) is 6.15. The Morgan fingerprint density at radius 1 is 1.21 bits per heavy atom. The summed E-state index contributed by atoms with van der Waals surface area (Å²) in [4.78, 5) is 8.58. The maximum absolute atomic E-state index is 6.24. The minimum Gasteiger partial charge on any atom is -0.370 e. The van der Waals surface area contributed by atoms with Crippen LogP contribution in [0.4, 0.5) is 5.82 Å². The van der Waals surface area contributed by atoms with Crippen LogP contribution in [0, 0.1) is 6.92 Å². The molecule has 0 bridgehead atoms. The lowest BCUT2D eigenvalue weighted by Crippen LogP contribution is -2.05. The lowest BCUT2D eigenvalue weighted by Gasteiger charge is -2.12. The predicted octanol–water partition coefficient (Wildman–Crippen LogP) is 4.58. The van der Waals surface area contributed by atoms with Gasteiger partial charge in [-0.15, -0.1) is 0 Å². The molecule has 0 aliphatic rings. The third kappa shape index (κ3) is 2.99. The fourth-order valence-electron chi connectivity index (χ4n) is 1.83. The van der Waals surface area contributed by atoms with Crippen LogP contribution in [0.2, 0.25) is 10.0 Å². The van der Waals surface area contributed by atoms with Crippen LogP contribution in [0.25, 0.3) is 11.3 Å². The molecule has 0 saturated heterocycles. The van der Waals surface area contributed by atoms with Gasteiger partial charge in [-0.1, -0.05) is 42.3 Å². The van der Waals surface area contributed by atoms with E-state index in [2.05, 4.69) is 22.2 Å². The number of nitrogens with zero attached hydrogens (tertiary/aromatic N) is 2. The second-order valence-electron chi connectivity index (χ2n) is 4.22. The summed E-state index contributed by atoms with van der Waals surface area (Å²) in [5.41, 5.74) is 2.61. The van der Waals surface area contributed by atoms with E-state index in [1.54, 1.807) is 6.07 Å². The maximum atomic E-state index is 6.24. The van der Waals surface area contributed by atoms with Crippen molar-refractivity contribution < 1.29 is 0 Å². The Kier molecular flexibility index (Phi) is 4.61. The number of anilines is 1. The van der Waals surface area contributed by atoms with E-state index < -0.39 is 0 Å². The van der Waals surface area contributed by atoms with Gasteiger partial charge in [0.2, 0.25) is 0 Å². The zero-order valence-electron chi connectivity index (χ0n) is 10.9. The lowest BCUT2D eigenvalue weighted by molar-refractivity contribution is 0.960. The van der Waals surface area contributed by atoms with Crippen LogP contribution in [0.5, 0.6) is 0 Å². The Morgan fingerprint density at radius 2 is 2.00 bits per heavy atom. The highest BCUT2D eigenvalue weighted by Crippen LogP contribution is 2.34. The van der Waals surface area contributed by atoms with Gasteiger partial charge in [0.15, 0.2) is 0 Å². The molecule has 19 heavy (non-hydrogen) atoms. The molecule has 0 atom stereocenters. The third-order valence-electron chi connectivity index (χ3n) is 2.83. The molecule has 5 heteroatoms. The molecule has 0 radical (unpaired) electrons. The van der Waals surface area contributed by atoms with Gasteiger partial charge >= 0.3 is 0 Å². The van der Waals surface area contributed by atoms with Crippen molar-refractivity contribution in [2.24, 2.45) is 0 Å². The van der Waals surface area contributed by atoms with Gasteiger partial charge in [0.25, 0.3) is 0 Å². The standard InChI is InChI=1S/C14H15Cl2N3/c1-3-7-17-14-9(2)13(18-8-19-14)10-5-4-6-11(15)12(10)16/h4-6,8H,3,7H2,1-2H3,(H,17,18,19). The summed E-state index contributed by atoms with van der Waals surface area (Å²) in [6.07, 6.45) is 2.58. The predicted molar refractivity (Wildman–Crippen MR) is 81.0 cm³/mol. The fourth-order valence-corrected chi connectivity index (χ4v) is 2.22. The molecule has 0 unspecified atom stereocenters. The van der Waals surface area contributed by atoms with Crippen molar-refractivity contribution in [1.82, 2.24) is 9.97 Å². The summed E-state index contributed by atoms with van der Waals surface area (Å²) >= 11 is 12.3. The first kappa shape index (κ1) is 14.1. The van der Waals surface area contributed by atoms with Gasteiger partial charge in [-0.05, 0) is 19.4 Å². The molecule has 100 valence electrons. The Bertz CT molecular complexity index is 585. The molecule has 1 heterocycles. The van der Waals surface area contributed by atoms with Crippen molar-refractivity contribution >= 4 is 29.0 Å². The van der Waals surface area contributed by atoms with E-state index in [4.69, 9.17) is 23.2 Å². The summed E-state index contributed by atoms with van der Waals surface area (Å²) in [6.45, 7) is 4.96. The van der Waals surface area contributed by atoms with Crippen molar-refractivity contribution in [2.45, 2.75) is 20.3 Å². The minimum atomic E-state index is 0.521. The number of halogens is 2. The summed E-state index contributed by atoms with van der Waals surface area (Å²) in [6, 6.07) is 5.54. The zero-order valence-corrected chi connectivity index (χ0v) is 12.4. The molecule has 0 aliphatic heterocycles. The van der Waals surface area contributed by atoms with Gasteiger partial charge in [-0.2, -0.15) is 0 Å². The van der Waals surface area contributed by atoms with Gasteiger partial charge < -0.3 is 5.32 Å². The average Bonchev–Trinajstić information content (AvgIpc) is 2.41. The molecule has 3 nitrogen and oxygen atoms in total. The van der Waals surface area contributed by atoms with Crippen LogP contribution in [-0.4, -0.2) is 16.5 Å². The van der Waals surface area contributed by atoms with Gasteiger partial charge in [0.1, 0.15) is 12.1 Å². The van der Waals surface area contributed by atoms with Gasteiger partial charge in [0, 0.05) is 17.7 Å². The van der Waals surface area contributed by atoms with E-state index >= 15 is 0 Å². The first-order valence-corrected chi connectivity index (χ1v) is 6.90. The smallest absolute Gasteiger partial charge is 0.132 e. The lowest BCUT2D eigenvalue weighted by atomic mass is 10.1. The number of aromatic nitrogens is 2. The Balaban J connectivity index is 2.48. The molecule has 0 amide bonds. The van der Waals surface area contributed by atoms with Crippen LogP contribution >= 0.6 is 23.2 Å². The quantitative estimate of drug-likeness (QED) is 0.897. The number of hydrogen-bond donors (Lipinski definition) is 1. The van der Waals surface area contributed by atoms with Crippen LogP contribution in [0.3, 0.4) is 0 Å². The molecule has 1 aromatic carbocycles. The zero-order chi connectivity index (χ0) is 13.8. The molecule has 2 rings (SSSR count). The summed E-state index contributed by atoms with van der Waals surface area (Å²) in [5.74, 6) is 0.836.